The Balaban J connectivity index is 3.22. The summed E-state index contributed by atoms with van der Waals surface area (Å²) in [5, 5.41) is 0. The third kappa shape index (κ3) is 2.13. The van der Waals surface area contributed by atoms with Crippen LogP contribution in [0.1, 0.15) is 49.0 Å². The maximum Gasteiger partial charge on any atom is 0.162 e. The van der Waals surface area contributed by atoms with Crippen molar-refractivity contribution in [2.75, 3.05) is 5.73 Å². The molecule has 0 spiro atoms. The summed E-state index contributed by atoms with van der Waals surface area (Å²) in [4.78, 5) is 11.6. The van der Waals surface area contributed by atoms with Crippen molar-refractivity contribution in [3.63, 3.8) is 0 Å². The van der Waals surface area contributed by atoms with Crippen molar-refractivity contribution in [1.29, 1.82) is 0 Å². The highest BCUT2D eigenvalue weighted by Gasteiger charge is 2.12. The average molecular weight is 191 g/mol. The molecule has 0 aliphatic rings. The maximum absolute atomic E-state index is 11.6. The Labute approximate surface area is 85.1 Å². The van der Waals surface area contributed by atoms with Crippen LogP contribution in [0.2, 0.25) is 0 Å². The lowest BCUT2D eigenvalue weighted by atomic mass is 9.93. The maximum atomic E-state index is 11.6. The van der Waals surface area contributed by atoms with E-state index in [9.17, 15) is 4.79 Å². The van der Waals surface area contributed by atoms with Gasteiger partial charge in [-0.15, -0.1) is 0 Å². The molecule has 2 N–H and O–H groups in total. The second-order valence-corrected chi connectivity index (χ2v) is 3.78. The molecule has 14 heavy (non-hydrogen) atoms. The molecule has 1 aromatic rings. The molecule has 0 aromatic heterocycles. The van der Waals surface area contributed by atoms with Gasteiger partial charge in [0.15, 0.2) is 5.78 Å². The van der Waals surface area contributed by atoms with Gasteiger partial charge in [0.2, 0.25) is 0 Å². The first kappa shape index (κ1) is 10.8. The third-order valence-corrected chi connectivity index (χ3v) is 2.32. The second kappa shape index (κ2) is 4.27. The highest BCUT2D eigenvalue weighted by molar-refractivity contribution is 5.98. The quantitative estimate of drug-likeness (QED) is 0.589. The van der Waals surface area contributed by atoms with E-state index in [-0.39, 0.29) is 5.78 Å². The molecule has 0 saturated heterocycles. The summed E-state index contributed by atoms with van der Waals surface area (Å²) in [6, 6.07) is 5.58. The molecule has 0 atom stereocenters. The van der Waals surface area contributed by atoms with E-state index in [1.165, 1.54) is 0 Å². The minimum Gasteiger partial charge on any atom is -0.399 e. The Morgan fingerprint density at radius 2 is 2.07 bits per heavy atom. The first-order chi connectivity index (χ1) is 6.56. The van der Waals surface area contributed by atoms with Gasteiger partial charge >= 0.3 is 0 Å². The van der Waals surface area contributed by atoms with Crippen molar-refractivity contribution in [2.24, 2.45) is 0 Å². The Morgan fingerprint density at radius 3 is 2.57 bits per heavy atom. The van der Waals surface area contributed by atoms with Crippen molar-refractivity contribution >= 4 is 11.5 Å². The summed E-state index contributed by atoms with van der Waals surface area (Å²) in [7, 11) is 0. The number of hydrogen-bond donors (Lipinski definition) is 1. The van der Waals surface area contributed by atoms with Crippen LogP contribution in [0.4, 0.5) is 5.69 Å². The number of ketones is 1. The first-order valence-corrected chi connectivity index (χ1v) is 4.98. The summed E-state index contributed by atoms with van der Waals surface area (Å²) >= 11 is 0. The number of nitrogen functional groups attached to an aromatic ring is 1. The molecule has 76 valence electrons. The molecule has 0 radical (unpaired) electrons. The smallest absolute Gasteiger partial charge is 0.162 e. The van der Waals surface area contributed by atoms with Gasteiger partial charge in [-0.05, 0) is 23.6 Å². The summed E-state index contributed by atoms with van der Waals surface area (Å²) < 4.78 is 0. The van der Waals surface area contributed by atoms with Gasteiger partial charge in [-0.25, -0.2) is 0 Å². The van der Waals surface area contributed by atoms with Gasteiger partial charge in [0.1, 0.15) is 0 Å². The minimum absolute atomic E-state index is 0.168. The normalized spacial score (nSPS) is 10.6. The van der Waals surface area contributed by atoms with Crippen LogP contribution in [0.15, 0.2) is 18.2 Å². The van der Waals surface area contributed by atoms with E-state index < -0.39 is 0 Å². The fourth-order valence-electron chi connectivity index (χ4n) is 1.51. The summed E-state index contributed by atoms with van der Waals surface area (Å²) in [6.45, 7) is 6.03. The van der Waals surface area contributed by atoms with Crippen molar-refractivity contribution in [2.45, 2.75) is 33.1 Å². The van der Waals surface area contributed by atoms with Gasteiger partial charge in [-0.1, -0.05) is 26.8 Å². The Kier molecular flexibility index (Phi) is 3.28. The van der Waals surface area contributed by atoms with Crippen LogP contribution in [-0.2, 0) is 0 Å². The molecular formula is C12H17NO. The topological polar surface area (TPSA) is 43.1 Å². The van der Waals surface area contributed by atoms with Gasteiger partial charge in [0.25, 0.3) is 0 Å². The zero-order valence-electron chi connectivity index (χ0n) is 9.00. The number of anilines is 1. The van der Waals surface area contributed by atoms with Gasteiger partial charge in [-0.3, -0.25) is 4.79 Å². The fraction of sp³-hybridized carbons (Fsp3) is 0.417. The van der Waals surface area contributed by atoms with E-state index in [0.717, 1.165) is 11.1 Å². The molecule has 0 heterocycles. The lowest BCUT2D eigenvalue weighted by Gasteiger charge is -2.11. The molecule has 0 aliphatic carbocycles. The average Bonchev–Trinajstić information content (AvgIpc) is 2.16. The van der Waals surface area contributed by atoms with E-state index in [1.54, 1.807) is 6.07 Å². The van der Waals surface area contributed by atoms with Crippen LogP contribution >= 0.6 is 0 Å². The lowest BCUT2D eigenvalue weighted by Crippen LogP contribution is -2.04. The van der Waals surface area contributed by atoms with Crippen LogP contribution < -0.4 is 5.73 Å². The van der Waals surface area contributed by atoms with Crippen LogP contribution in [0.3, 0.4) is 0 Å². The molecule has 1 rings (SSSR count). The Hall–Kier alpha value is -1.31. The van der Waals surface area contributed by atoms with Gasteiger partial charge in [0.05, 0.1) is 0 Å². The van der Waals surface area contributed by atoms with E-state index >= 15 is 0 Å². The second-order valence-electron chi connectivity index (χ2n) is 3.78. The molecule has 0 amide bonds. The van der Waals surface area contributed by atoms with Crippen molar-refractivity contribution in [3.8, 4) is 0 Å². The Morgan fingerprint density at radius 1 is 1.43 bits per heavy atom. The van der Waals surface area contributed by atoms with Crippen molar-refractivity contribution in [1.82, 2.24) is 0 Å². The Bertz CT molecular complexity index is 342. The summed E-state index contributed by atoms with van der Waals surface area (Å²) in [5.74, 6) is 0.530. The number of nitrogens with two attached hydrogens (primary N) is 1. The largest absolute Gasteiger partial charge is 0.399 e. The number of rotatable bonds is 3. The lowest BCUT2D eigenvalue weighted by molar-refractivity contribution is 0.0987. The molecule has 0 fully saturated rings. The highest BCUT2D eigenvalue weighted by atomic mass is 16.1. The molecule has 0 unspecified atom stereocenters. The van der Waals surface area contributed by atoms with Crippen LogP contribution in [0, 0.1) is 0 Å². The highest BCUT2D eigenvalue weighted by Crippen LogP contribution is 2.22. The zero-order chi connectivity index (χ0) is 10.7. The molecular weight excluding hydrogens is 174 g/mol. The first-order valence-electron chi connectivity index (χ1n) is 4.98. The predicted octanol–water partition coefficient (Wildman–Crippen LogP) is 2.98. The molecule has 2 heteroatoms. The summed E-state index contributed by atoms with van der Waals surface area (Å²) in [5.41, 5.74) is 8.20. The van der Waals surface area contributed by atoms with Gasteiger partial charge in [-0.2, -0.15) is 0 Å². The van der Waals surface area contributed by atoms with E-state index in [1.807, 2.05) is 19.1 Å². The van der Waals surface area contributed by atoms with Crippen LogP contribution in [0.5, 0.6) is 0 Å². The number of carbonyl (C=O) groups is 1. The number of hydrogen-bond acceptors (Lipinski definition) is 2. The summed E-state index contributed by atoms with van der Waals surface area (Å²) in [6.07, 6.45) is 0.531. The zero-order valence-corrected chi connectivity index (χ0v) is 9.00. The van der Waals surface area contributed by atoms with Crippen LogP contribution in [-0.4, -0.2) is 5.78 Å². The van der Waals surface area contributed by atoms with E-state index in [4.69, 9.17) is 5.73 Å². The van der Waals surface area contributed by atoms with Gasteiger partial charge in [0, 0.05) is 17.7 Å². The third-order valence-electron chi connectivity index (χ3n) is 2.32. The fourth-order valence-corrected chi connectivity index (χ4v) is 1.51. The SMILES string of the molecule is CCC(=O)c1cc(N)ccc1C(C)C. The van der Waals surface area contributed by atoms with Crippen LogP contribution in [0.25, 0.3) is 0 Å². The van der Waals surface area contributed by atoms with E-state index in [2.05, 4.69) is 13.8 Å². The minimum atomic E-state index is 0.168. The standard InChI is InChI=1S/C12H17NO/c1-4-12(14)11-7-9(13)5-6-10(11)8(2)3/h5-8H,4,13H2,1-3H3. The van der Waals surface area contributed by atoms with Crippen molar-refractivity contribution in [3.05, 3.63) is 29.3 Å². The van der Waals surface area contributed by atoms with Gasteiger partial charge < -0.3 is 5.73 Å². The predicted molar refractivity (Wildman–Crippen MR) is 59.6 cm³/mol. The number of benzene rings is 1. The molecule has 0 saturated carbocycles. The molecule has 0 aliphatic heterocycles. The van der Waals surface area contributed by atoms with E-state index in [0.29, 0.717) is 18.0 Å². The molecule has 0 bridgehead atoms. The molecule has 2 nitrogen and oxygen atoms in total. The number of carbonyl (C=O) groups excluding carboxylic acids is 1. The monoisotopic (exact) mass is 191 g/mol. The molecule has 1 aromatic carbocycles. The number of Topliss-reactive ketones (excluding diaryl/α,β-unsaturated/α-hetero) is 1. The van der Waals surface area contributed by atoms with Crippen molar-refractivity contribution < 1.29 is 4.79 Å².